The molecule has 0 spiro atoms. The van der Waals surface area contributed by atoms with Crippen LogP contribution in [0.5, 0.6) is 5.75 Å². The fourth-order valence-corrected chi connectivity index (χ4v) is 3.05. The van der Waals surface area contributed by atoms with E-state index in [1.807, 2.05) is 42.6 Å². The number of rotatable bonds is 8. The first-order valence-electron chi connectivity index (χ1n) is 9.58. The SMILES string of the molecule is CN=C(NCCc1c[nH]c2ccccc12)NCC(=O)NCc1ccc(OC)cc1. The first kappa shape index (κ1) is 20.3. The van der Waals surface area contributed by atoms with Crippen molar-refractivity contribution >= 4 is 22.8 Å². The second-order valence-corrected chi connectivity index (χ2v) is 6.59. The Hall–Kier alpha value is -3.48. The fraction of sp³-hybridized carbons (Fsp3) is 0.273. The van der Waals surface area contributed by atoms with E-state index in [-0.39, 0.29) is 12.5 Å². The molecule has 0 aliphatic heterocycles. The number of carbonyl (C=O) groups is 1. The molecule has 2 aromatic carbocycles. The summed E-state index contributed by atoms with van der Waals surface area (Å²) in [7, 11) is 3.32. The van der Waals surface area contributed by atoms with Gasteiger partial charge in [0.25, 0.3) is 0 Å². The average molecular weight is 393 g/mol. The van der Waals surface area contributed by atoms with E-state index in [1.54, 1.807) is 14.2 Å². The van der Waals surface area contributed by atoms with E-state index < -0.39 is 0 Å². The van der Waals surface area contributed by atoms with Crippen molar-refractivity contribution in [1.29, 1.82) is 0 Å². The monoisotopic (exact) mass is 393 g/mol. The lowest BCUT2D eigenvalue weighted by atomic mass is 10.1. The molecule has 7 heteroatoms. The number of nitrogens with zero attached hydrogens (tertiary/aromatic N) is 1. The Kier molecular flexibility index (Phi) is 7.10. The highest BCUT2D eigenvalue weighted by Gasteiger charge is 2.06. The maximum atomic E-state index is 12.1. The van der Waals surface area contributed by atoms with Crippen molar-refractivity contribution in [1.82, 2.24) is 20.9 Å². The van der Waals surface area contributed by atoms with Gasteiger partial charge in [-0.05, 0) is 35.7 Å². The van der Waals surface area contributed by atoms with Crippen LogP contribution in [0.4, 0.5) is 0 Å². The Morgan fingerprint density at radius 2 is 1.86 bits per heavy atom. The molecule has 4 N–H and O–H groups in total. The fourth-order valence-electron chi connectivity index (χ4n) is 3.05. The molecule has 0 radical (unpaired) electrons. The zero-order chi connectivity index (χ0) is 20.5. The number of aromatic nitrogens is 1. The molecule has 0 saturated heterocycles. The molecule has 152 valence electrons. The smallest absolute Gasteiger partial charge is 0.239 e. The number of guanidine groups is 1. The summed E-state index contributed by atoms with van der Waals surface area (Å²) in [6.07, 6.45) is 2.89. The van der Waals surface area contributed by atoms with Crippen LogP contribution in [-0.4, -0.2) is 44.1 Å². The molecule has 1 aromatic heterocycles. The molecule has 0 unspecified atom stereocenters. The number of hydrogen-bond donors (Lipinski definition) is 4. The quantitative estimate of drug-likeness (QED) is 0.349. The van der Waals surface area contributed by atoms with Gasteiger partial charge < -0.3 is 25.7 Å². The Labute approximate surface area is 170 Å². The number of benzene rings is 2. The number of ether oxygens (including phenoxy) is 1. The highest BCUT2D eigenvalue weighted by molar-refractivity contribution is 5.86. The lowest BCUT2D eigenvalue weighted by molar-refractivity contribution is -0.120. The number of methoxy groups -OCH3 is 1. The zero-order valence-corrected chi connectivity index (χ0v) is 16.8. The third kappa shape index (κ3) is 5.75. The van der Waals surface area contributed by atoms with E-state index in [0.717, 1.165) is 29.8 Å². The molecule has 0 aliphatic carbocycles. The summed E-state index contributed by atoms with van der Waals surface area (Å²) < 4.78 is 5.13. The molecule has 0 atom stereocenters. The number of aromatic amines is 1. The second-order valence-electron chi connectivity index (χ2n) is 6.59. The summed E-state index contributed by atoms with van der Waals surface area (Å²) in [5, 5.41) is 10.4. The van der Waals surface area contributed by atoms with Crippen LogP contribution < -0.4 is 20.7 Å². The Balaban J connectivity index is 1.38. The van der Waals surface area contributed by atoms with Crippen molar-refractivity contribution < 1.29 is 9.53 Å². The summed E-state index contributed by atoms with van der Waals surface area (Å²) >= 11 is 0. The molecule has 0 aliphatic rings. The first-order valence-corrected chi connectivity index (χ1v) is 9.58. The topological polar surface area (TPSA) is 90.5 Å². The normalized spacial score (nSPS) is 11.3. The van der Waals surface area contributed by atoms with E-state index in [9.17, 15) is 4.79 Å². The van der Waals surface area contributed by atoms with E-state index in [0.29, 0.717) is 12.5 Å². The molecule has 29 heavy (non-hydrogen) atoms. The van der Waals surface area contributed by atoms with Gasteiger partial charge in [0.15, 0.2) is 5.96 Å². The third-order valence-corrected chi connectivity index (χ3v) is 4.65. The average Bonchev–Trinajstić information content (AvgIpc) is 3.18. The van der Waals surface area contributed by atoms with Gasteiger partial charge >= 0.3 is 0 Å². The van der Waals surface area contributed by atoms with Crippen LogP contribution in [0, 0.1) is 0 Å². The highest BCUT2D eigenvalue weighted by Crippen LogP contribution is 2.17. The zero-order valence-electron chi connectivity index (χ0n) is 16.8. The Morgan fingerprint density at radius 1 is 1.07 bits per heavy atom. The van der Waals surface area contributed by atoms with E-state index >= 15 is 0 Å². The number of hydrogen-bond acceptors (Lipinski definition) is 3. The van der Waals surface area contributed by atoms with Crippen LogP contribution >= 0.6 is 0 Å². The first-order chi connectivity index (χ1) is 14.2. The minimum absolute atomic E-state index is 0.0969. The third-order valence-electron chi connectivity index (χ3n) is 4.65. The van der Waals surface area contributed by atoms with Crippen LogP contribution in [0.1, 0.15) is 11.1 Å². The molecule has 0 saturated carbocycles. The Bertz CT molecular complexity index is 963. The largest absolute Gasteiger partial charge is 0.497 e. The maximum Gasteiger partial charge on any atom is 0.239 e. The lowest BCUT2D eigenvalue weighted by Gasteiger charge is -2.12. The number of carbonyl (C=O) groups excluding carboxylic acids is 1. The molecule has 7 nitrogen and oxygen atoms in total. The summed E-state index contributed by atoms with van der Waals surface area (Å²) in [5.41, 5.74) is 3.40. The number of aliphatic imine (C=N–C) groups is 1. The Morgan fingerprint density at radius 3 is 2.62 bits per heavy atom. The van der Waals surface area contributed by atoms with Crippen molar-refractivity contribution in [3.63, 3.8) is 0 Å². The summed E-state index contributed by atoms with van der Waals surface area (Å²) in [5.74, 6) is 1.30. The van der Waals surface area contributed by atoms with Gasteiger partial charge in [0.1, 0.15) is 5.75 Å². The van der Waals surface area contributed by atoms with Gasteiger partial charge in [-0.15, -0.1) is 0 Å². The van der Waals surface area contributed by atoms with Gasteiger partial charge in [-0.3, -0.25) is 9.79 Å². The lowest BCUT2D eigenvalue weighted by Crippen LogP contribution is -2.43. The number of nitrogens with one attached hydrogen (secondary N) is 4. The standard InChI is InChI=1S/C22H27N5O2/c1-23-22(24-12-11-17-14-25-20-6-4-3-5-19(17)20)27-15-21(28)26-13-16-7-9-18(29-2)10-8-16/h3-10,14,25H,11-13,15H2,1-2H3,(H,26,28)(H2,23,24,27). The molecule has 0 fully saturated rings. The van der Waals surface area contributed by atoms with Gasteiger partial charge in [-0.1, -0.05) is 30.3 Å². The molecule has 0 bridgehead atoms. The molecular formula is C22H27N5O2. The predicted octanol–water partition coefficient (Wildman–Crippen LogP) is 2.20. The van der Waals surface area contributed by atoms with Crippen LogP contribution in [-0.2, 0) is 17.8 Å². The van der Waals surface area contributed by atoms with Gasteiger partial charge in [0, 0.05) is 37.2 Å². The molecular weight excluding hydrogens is 366 g/mol. The van der Waals surface area contributed by atoms with Gasteiger partial charge in [-0.2, -0.15) is 0 Å². The molecule has 1 amide bonds. The van der Waals surface area contributed by atoms with Crippen molar-refractivity contribution in [2.75, 3.05) is 27.2 Å². The predicted molar refractivity (Wildman–Crippen MR) is 116 cm³/mol. The maximum absolute atomic E-state index is 12.1. The van der Waals surface area contributed by atoms with Crippen molar-refractivity contribution in [2.45, 2.75) is 13.0 Å². The second kappa shape index (κ2) is 10.2. The number of amides is 1. The van der Waals surface area contributed by atoms with Crippen molar-refractivity contribution in [2.24, 2.45) is 4.99 Å². The van der Waals surface area contributed by atoms with E-state index in [4.69, 9.17) is 4.74 Å². The van der Waals surface area contributed by atoms with Gasteiger partial charge in [0.2, 0.25) is 5.91 Å². The van der Waals surface area contributed by atoms with Gasteiger partial charge in [0.05, 0.1) is 13.7 Å². The summed E-state index contributed by atoms with van der Waals surface area (Å²) in [4.78, 5) is 19.5. The highest BCUT2D eigenvalue weighted by atomic mass is 16.5. The minimum Gasteiger partial charge on any atom is -0.497 e. The van der Waals surface area contributed by atoms with E-state index in [2.05, 4.69) is 38.1 Å². The number of H-pyrrole nitrogens is 1. The molecule has 3 rings (SSSR count). The van der Waals surface area contributed by atoms with Gasteiger partial charge in [-0.25, -0.2) is 0 Å². The number of para-hydroxylation sites is 1. The summed E-state index contributed by atoms with van der Waals surface area (Å²) in [6.45, 7) is 1.34. The van der Waals surface area contributed by atoms with Crippen LogP contribution in [0.2, 0.25) is 0 Å². The van der Waals surface area contributed by atoms with Crippen molar-refractivity contribution in [3.8, 4) is 5.75 Å². The van der Waals surface area contributed by atoms with Crippen LogP contribution in [0.3, 0.4) is 0 Å². The summed E-state index contributed by atoms with van der Waals surface area (Å²) in [6, 6.07) is 15.8. The molecule has 1 heterocycles. The van der Waals surface area contributed by atoms with Crippen LogP contribution in [0.15, 0.2) is 59.7 Å². The number of fused-ring (bicyclic) bond motifs is 1. The van der Waals surface area contributed by atoms with Crippen molar-refractivity contribution in [3.05, 3.63) is 65.9 Å². The minimum atomic E-state index is -0.0969. The van der Waals surface area contributed by atoms with E-state index in [1.165, 1.54) is 10.9 Å². The molecule has 3 aromatic rings. The van der Waals surface area contributed by atoms with Crippen LogP contribution in [0.25, 0.3) is 10.9 Å².